The summed E-state index contributed by atoms with van der Waals surface area (Å²) in [5, 5.41) is 9.04. The molecule has 6 atom stereocenters. The number of amides is 2. The Kier molecular flexibility index (Phi) is 6.87. The minimum Gasteiger partial charge on any atom is -0.385 e. The molecule has 6 rings (SSSR count). The van der Waals surface area contributed by atoms with Crippen molar-refractivity contribution in [3.8, 4) is 0 Å². The van der Waals surface area contributed by atoms with Crippen molar-refractivity contribution in [2.24, 2.45) is 28.7 Å². The molecule has 35 heavy (non-hydrogen) atoms. The van der Waals surface area contributed by atoms with E-state index in [9.17, 15) is 22.8 Å². The Morgan fingerprint density at radius 2 is 1.66 bits per heavy atom. The second-order valence-electron chi connectivity index (χ2n) is 11.4. The standard InChI is InChI=1S/C26H37F3N4O2/c1-30-23(24(34)33-22-16-10-14-9-15(12-16)19(22)11-14)20-13-18(32-25(35)26(27,28)29)7-8-21(20)31-17-5-3-2-4-6-17/h14-19,22,31H,2-13H2,1H3,(H,32,35)(H,33,34)/t14?,15?,16?,18?,19-,22?/m0/s1. The molecule has 6 nitrogen and oxygen atoms in total. The quantitative estimate of drug-likeness (QED) is 0.488. The Morgan fingerprint density at radius 3 is 2.34 bits per heavy atom. The van der Waals surface area contributed by atoms with Gasteiger partial charge in [0.05, 0.1) is 0 Å². The van der Waals surface area contributed by atoms with Crippen molar-refractivity contribution in [2.75, 3.05) is 7.05 Å². The van der Waals surface area contributed by atoms with Crippen LogP contribution in [0.15, 0.2) is 16.3 Å². The predicted octanol–water partition coefficient (Wildman–Crippen LogP) is 4.02. The van der Waals surface area contributed by atoms with Crippen LogP contribution in [0.5, 0.6) is 0 Å². The first-order chi connectivity index (χ1) is 16.7. The van der Waals surface area contributed by atoms with Gasteiger partial charge >= 0.3 is 12.1 Å². The molecule has 3 N–H and O–H groups in total. The van der Waals surface area contributed by atoms with Gasteiger partial charge in [-0.25, -0.2) is 0 Å². The summed E-state index contributed by atoms with van der Waals surface area (Å²) < 4.78 is 38.7. The third kappa shape index (κ3) is 5.10. The maximum absolute atomic E-state index is 13.5. The minimum atomic E-state index is -4.93. The molecular formula is C26H37F3N4O2. The fraction of sp³-hybridized carbons (Fsp3) is 0.808. The first-order valence-electron chi connectivity index (χ1n) is 13.4. The first-order valence-corrected chi connectivity index (χ1v) is 13.4. The van der Waals surface area contributed by atoms with E-state index < -0.39 is 18.1 Å². The lowest BCUT2D eigenvalue weighted by Crippen LogP contribution is -2.49. The van der Waals surface area contributed by atoms with Crippen molar-refractivity contribution in [3.63, 3.8) is 0 Å². The number of hydrogen-bond acceptors (Lipinski definition) is 4. The Labute approximate surface area is 205 Å². The Bertz CT molecular complexity index is 905. The molecule has 9 heteroatoms. The van der Waals surface area contributed by atoms with Gasteiger partial charge in [0.1, 0.15) is 5.71 Å². The molecule has 0 saturated heterocycles. The summed E-state index contributed by atoms with van der Waals surface area (Å²) in [7, 11) is 1.57. The van der Waals surface area contributed by atoms with Crippen LogP contribution in [0.4, 0.5) is 13.2 Å². The van der Waals surface area contributed by atoms with E-state index in [0.717, 1.165) is 37.3 Å². The van der Waals surface area contributed by atoms with Gasteiger partial charge < -0.3 is 16.0 Å². The van der Waals surface area contributed by atoms with E-state index in [1.807, 2.05) is 0 Å². The van der Waals surface area contributed by atoms with Crippen LogP contribution in [-0.2, 0) is 9.59 Å². The molecule has 0 aromatic heterocycles. The molecule has 0 aromatic carbocycles. The molecule has 0 spiro atoms. The fourth-order valence-electron chi connectivity index (χ4n) is 7.78. The van der Waals surface area contributed by atoms with Crippen molar-refractivity contribution < 1.29 is 22.8 Å². The largest absolute Gasteiger partial charge is 0.471 e. The van der Waals surface area contributed by atoms with Gasteiger partial charge in [-0.1, -0.05) is 19.3 Å². The van der Waals surface area contributed by atoms with Crippen LogP contribution in [0.1, 0.15) is 77.0 Å². The molecule has 6 aliphatic carbocycles. The fourth-order valence-corrected chi connectivity index (χ4v) is 7.78. The van der Waals surface area contributed by atoms with Gasteiger partial charge in [-0.05, 0) is 81.5 Å². The third-order valence-electron chi connectivity index (χ3n) is 9.21. The van der Waals surface area contributed by atoms with E-state index in [0.29, 0.717) is 47.9 Å². The normalized spacial score (nSPS) is 35.4. The predicted molar refractivity (Wildman–Crippen MR) is 127 cm³/mol. The average Bonchev–Trinajstić information content (AvgIpc) is 3.23. The van der Waals surface area contributed by atoms with E-state index >= 15 is 0 Å². The van der Waals surface area contributed by atoms with Gasteiger partial charge in [-0.3, -0.25) is 14.6 Å². The highest BCUT2D eigenvalue weighted by Crippen LogP contribution is 2.58. The molecule has 194 valence electrons. The summed E-state index contributed by atoms with van der Waals surface area (Å²) in [6, 6.07) is -0.210. The number of allylic oxidation sites excluding steroid dienone is 1. The molecule has 5 fully saturated rings. The van der Waals surface area contributed by atoms with E-state index in [-0.39, 0.29) is 18.4 Å². The average molecular weight is 495 g/mol. The molecule has 5 unspecified atom stereocenters. The number of nitrogens with zero attached hydrogens (tertiary/aromatic N) is 1. The highest BCUT2D eigenvalue weighted by atomic mass is 19.4. The molecule has 0 aliphatic heterocycles. The summed E-state index contributed by atoms with van der Waals surface area (Å²) in [4.78, 5) is 29.5. The van der Waals surface area contributed by atoms with Crippen molar-refractivity contribution in [1.82, 2.24) is 16.0 Å². The Balaban J connectivity index is 1.34. The number of carbonyl (C=O) groups is 2. The van der Waals surface area contributed by atoms with Crippen molar-refractivity contribution in [2.45, 2.75) is 101 Å². The highest BCUT2D eigenvalue weighted by Gasteiger charge is 2.54. The van der Waals surface area contributed by atoms with Gasteiger partial charge in [-0.15, -0.1) is 0 Å². The highest BCUT2D eigenvalue weighted by molar-refractivity contribution is 6.45. The molecule has 0 aromatic rings. The van der Waals surface area contributed by atoms with Crippen LogP contribution in [0.2, 0.25) is 0 Å². The van der Waals surface area contributed by atoms with Crippen LogP contribution in [0.25, 0.3) is 0 Å². The first kappa shape index (κ1) is 24.6. The molecule has 5 saturated carbocycles. The number of carbonyl (C=O) groups excluding carboxylic acids is 2. The zero-order chi connectivity index (χ0) is 24.7. The maximum atomic E-state index is 13.5. The summed E-state index contributed by atoms with van der Waals surface area (Å²) in [6.07, 6.45) is 6.55. The lowest BCUT2D eigenvalue weighted by molar-refractivity contribution is -0.174. The number of halogens is 3. The molecule has 4 bridgehead atoms. The smallest absolute Gasteiger partial charge is 0.385 e. The lowest BCUT2D eigenvalue weighted by atomic mass is 9.79. The van der Waals surface area contributed by atoms with Crippen LogP contribution in [0, 0.1) is 23.7 Å². The second kappa shape index (κ2) is 9.77. The van der Waals surface area contributed by atoms with Gasteiger partial charge in [-0.2, -0.15) is 13.2 Å². The van der Waals surface area contributed by atoms with Crippen LogP contribution >= 0.6 is 0 Å². The molecule has 6 aliphatic rings. The molecule has 0 radical (unpaired) electrons. The third-order valence-corrected chi connectivity index (χ3v) is 9.21. The number of hydrogen-bond donors (Lipinski definition) is 3. The van der Waals surface area contributed by atoms with Gasteiger partial charge in [0, 0.05) is 36.4 Å². The SMILES string of the molecule is CN=C(C(=O)NC1C2CC3CC(C2)[C@@H]1C3)C1=C(NC2CCCCC2)CCC(NC(=O)C(F)(F)F)C1. The van der Waals surface area contributed by atoms with Crippen LogP contribution in [0.3, 0.4) is 0 Å². The van der Waals surface area contributed by atoms with E-state index in [1.165, 1.54) is 32.1 Å². The summed E-state index contributed by atoms with van der Waals surface area (Å²) in [5.41, 5.74) is 1.85. The van der Waals surface area contributed by atoms with Gasteiger partial charge in [0.15, 0.2) is 0 Å². The van der Waals surface area contributed by atoms with Crippen molar-refractivity contribution >= 4 is 17.5 Å². The molecule has 0 heterocycles. The topological polar surface area (TPSA) is 82.6 Å². The summed E-state index contributed by atoms with van der Waals surface area (Å²) in [6.45, 7) is 0. The monoisotopic (exact) mass is 494 g/mol. The molecular weight excluding hydrogens is 457 g/mol. The van der Waals surface area contributed by atoms with E-state index in [1.54, 1.807) is 7.05 Å². The van der Waals surface area contributed by atoms with Gasteiger partial charge in [0.25, 0.3) is 5.91 Å². The summed E-state index contributed by atoms with van der Waals surface area (Å²) in [5.74, 6) is 0.433. The zero-order valence-corrected chi connectivity index (χ0v) is 20.4. The van der Waals surface area contributed by atoms with Crippen LogP contribution < -0.4 is 16.0 Å². The number of nitrogens with one attached hydrogen (secondary N) is 3. The maximum Gasteiger partial charge on any atom is 0.471 e. The lowest BCUT2D eigenvalue weighted by Gasteiger charge is -2.34. The molecule has 2 amide bonds. The Hall–Kier alpha value is -2.06. The van der Waals surface area contributed by atoms with E-state index in [2.05, 4.69) is 20.9 Å². The van der Waals surface area contributed by atoms with Gasteiger partial charge in [0.2, 0.25) is 0 Å². The minimum absolute atomic E-state index is 0.166. The second-order valence-corrected chi connectivity index (χ2v) is 11.4. The van der Waals surface area contributed by atoms with Crippen LogP contribution in [-0.4, -0.2) is 48.9 Å². The summed E-state index contributed by atoms with van der Waals surface area (Å²) >= 11 is 0. The number of aliphatic imine (C=N–C) groups is 1. The Morgan fingerprint density at radius 1 is 0.914 bits per heavy atom. The van der Waals surface area contributed by atoms with Crippen molar-refractivity contribution in [1.29, 1.82) is 0 Å². The zero-order valence-electron chi connectivity index (χ0n) is 20.4. The van der Waals surface area contributed by atoms with Crippen molar-refractivity contribution in [3.05, 3.63) is 11.3 Å². The number of rotatable bonds is 6. The number of alkyl halides is 3. The van der Waals surface area contributed by atoms with E-state index in [4.69, 9.17) is 0 Å².